The van der Waals surface area contributed by atoms with Gasteiger partial charge in [-0.3, -0.25) is 0 Å². The molecule has 4 nitrogen and oxygen atoms in total. The van der Waals surface area contributed by atoms with Gasteiger partial charge in [-0.15, -0.1) is 0 Å². The molecule has 4 heteroatoms. The first-order valence-electron chi connectivity index (χ1n) is 3.02. The predicted octanol–water partition coefficient (Wildman–Crippen LogP) is 1.30. The van der Waals surface area contributed by atoms with Gasteiger partial charge in [-0.2, -0.15) is 0 Å². The normalized spacial score (nSPS) is 10.2. The lowest BCUT2D eigenvalue weighted by molar-refractivity contribution is -0.484. The molecule has 0 radical (unpaired) electrons. The van der Waals surface area contributed by atoms with Crippen molar-refractivity contribution in [2.24, 2.45) is 5.10 Å². The predicted molar refractivity (Wildman–Crippen MR) is 41.0 cm³/mol. The highest BCUT2D eigenvalue weighted by Gasteiger charge is 1.87. The maximum atomic E-state index is 9.78. The summed E-state index contributed by atoms with van der Waals surface area (Å²) >= 11 is 0. The van der Waals surface area contributed by atoms with Crippen LogP contribution in [0.4, 0.5) is 0 Å². The van der Waals surface area contributed by atoms with E-state index < -0.39 is 5.03 Å². The van der Waals surface area contributed by atoms with Crippen molar-refractivity contribution in [2.45, 2.75) is 0 Å². The van der Waals surface area contributed by atoms with E-state index in [2.05, 4.69) is 5.10 Å². The molecule has 56 valence electrons. The fraction of sp³-hybridized carbons (Fsp3) is 0. The summed E-state index contributed by atoms with van der Waals surface area (Å²) in [5.41, 5.74) is 0.726. The van der Waals surface area contributed by atoms with Crippen LogP contribution in [0.5, 0.6) is 0 Å². The molecule has 1 aromatic rings. The number of rotatable bonds is 2. The maximum absolute atomic E-state index is 9.78. The number of hydrogen-bond acceptors (Lipinski definition) is 2. The third-order valence-electron chi connectivity index (χ3n) is 1.10. The van der Waals surface area contributed by atoms with Crippen LogP contribution in [-0.2, 0) is 0 Å². The maximum Gasteiger partial charge on any atom is 0.190 e. The standard InChI is InChI=1S/C7H6N2O2/c10-9(11)8-6-7-4-2-1-3-5-7/h1-6H/b8-6+. The molecule has 11 heavy (non-hydrogen) atoms. The van der Waals surface area contributed by atoms with Crippen LogP contribution in [0, 0.1) is 10.1 Å². The van der Waals surface area contributed by atoms with E-state index in [4.69, 9.17) is 0 Å². The van der Waals surface area contributed by atoms with Crippen LogP contribution in [0.2, 0.25) is 0 Å². The Hall–Kier alpha value is -1.71. The summed E-state index contributed by atoms with van der Waals surface area (Å²) < 4.78 is 0. The lowest BCUT2D eigenvalue weighted by Gasteiger charge is -1.85. The van der Waals surface area contributed by atoms with E-state index in [-0.39, 0.29) is 0 Å². The molecule has 0 aliphatic rings. The van der Waals surface area contributed by atoms with Crippen LogP contribution in [0.3, 0.4) is 0 Å². The second-order valence-electron chi connectivity index (χ2n) is 1.89. The topological polar surface area (TPSA) is 55.5 Å². The number of nitrogens with zero attached hydrogens (tertiary/aromatic N) is 2. The first-order valence-corrected chi connectivity index (χ1v) is 3.02. The Labute approximate surface area is 63.3 Å². The molecular weight excluding hydrogens is 144 g/mol. The molecule has 1 rings (SSSR count). The number of nitro groups is 1. The van der Waals surface area contributed by atoms with Crippen molar-refractivity contribution in [3.8, 4) is 0 Å². The molecule has 0 aliphatic heterocycles. The smallest absolute Gasteiger partial charge is 0.190 e. The van der Waals surface area contributed by atoms with Crippen molar-refractivity contribution in [1.82, 2.24) is 0 Å². The van der Waals surface area contributed by atoms with E-state index in [1.165, 1.54) is 6.21 Å². The molecule has 0 unspecified atom stereocenters. The molecule has 0 saturated carbocycles. The minimum absolute atomic E-state index is 0.726. The molecule has 0 fully saturated rings. The quantitative estimate of drug-likeness (QED) is 0.362. The Morgan fingerprint density at radius 3 is 2.55 bits per heavy atom. The molecule has 0 amide bonds. The van der Waals surface area contributed by atoms with Crippen LogP contribution in [0.25, 0.3) is 0 Å². The van der Waals surface area contributed by atoms with Crippen LogP contribution in [0.15, 0.2) is 35.4 Å². The zero-order valence-electron chi connectivity index (χ0n) is 5.68. The average Bonchev–Trinajstić information content (AvgIpc) is 2.03. The van der Waals surface area contributed by atoms with E-state index >= 15 is 0 Å². The van der Waals surface area contributed by atoms with Crippen molar-refractivity contribution in [1.29, 1.82) is 0 Å². The van der Waals surface area contributed by atoms with Gasteiger partial charge >= 0.3 is 0 Å². The lowest BCUT2D eigenvalue weighted by Crippen LogP contribution is -1.87. The summed E-state index contributed by atoms with van der Waals surface area (Å²) in [4.78, 5) is 9.78. The summed E-state index contributed by atoms with van der Waals surface area (Å²) in [5, 5.41) is 12.0. The van der Waals surface area contributed by atoms with Crippen LogP contribution in [-0.4, -0.2) is 11.2 Å². The molecule has 0 aromatic heterocycles. The van der Waals surface area contributed by atoms with Gasteiger partial charge in [-0.25, -0.2) is 10.1 Å². The second-order valence-corrected chi connectivity index (χ2v) is 1.89. The van der Waals surface area contributed by atoms with Crippen LogP contribution < -0.4 is 0 Å². The van der Waals surface area contributed by atoms with E-state index in [9.17, 15) is 10.1 Å². The Morgan fingerprint density at radius 2 is 2.00 bits per heavy atom. The van der Waals surface area contributed by atoms with Crippen LogP contribution >= 0.6 is 0 Å². The number of hydrazone groups is 1. The highest BCUT2D eigenvalue weighted by molar-refractivity contribution is 5.78. The third kappa shape index (κ3) is 2.57. The SMILES string of the molecule is O=[N+]([O-])/N=C/c1ccccc1. The van der Waals surface area contributed by atoms with Gasteiger partial charge in [0.05, 0.1) is 5.10 Å². The molecular formula is C7H6N2O2. The average molecular weight is 150 g/mol. The van der Waals surface area contributed by atoms with Gasteiger partial charge in [0.15, 0.2) is 5.03 Å². The third-order valence-corrected chi connectivity index (χ3v) is 1.10. The van der Waals surface area contributed by atoms with Gasteiger partial charge in [0, 0.05) is 0 Å². The van der Waals surface area contributed by atoms with Gasteiger partial charge in [0.1, 0.15) is 6.21 Å². The van der Waals surface area contributed by atoms with Crippen molar-refractivity contribution >= 4 is 6.21 Å². The van der Waals surface area contributed by atoms with E-state index in [0.717, 1.165) is 5.56 Å². The molecule has 0 atom stereocenters. The molecule has 0 bridgehead atoms. The molecule has 0 spiro atoms. The van der Waals surface area contributed by atoms with Crippen LogP contribution in [0.1, 0.15) is 5.56 Å². The van der Waals surface area contributed by atoms with E-state index in [1.54, 1.807) is 24.3 Å². The summed E-state index contributed by atoms with van der Waals surface area (Å²) in [6.45, 7) is 0. The fourth-order valence-electron chi connectivity index (χ4n) is 0.653. The van der Waals surface area contributed by atoms with E-state index in [1.807, 2.05) is 6.07 Å². The monoisotopic (exact) mass is 150 g/mol. The highest BCUT2D eigenvalue weighted by Crippen LogP contribution is 1.93. The molecule has 0 heterocycles. The molecule has 0 saturated heterocycles. The minimum atomic E-state index is -0.729. The molecule has 0 aliphatic carbocycles. The van der Waals surface area contributed by atoms with Crippen molar-refractivity contribution in [3.63, 3.8) is 0 Å². The molecule has 1 aromatic carbocycles. The van der Waals surface area contributed by atoms with Gasteiger partial charge < -0.3 is 0 Å². The summed E-state index contributed by atoms with van der Waals surface area (Å²) in [6, 6.07) is 8.91. The first kappa shape index (κ1) is 7.40. The Kier molecular flexibility index (Phi) is 2.32. The Balaban J connectivity index is 2.72. The van der Waals surface area contributed by atoms with Crippen molar-refractivity contribution in [3.05, 3.63) is 46.0 Å². The number of benzene rings is 1. The Bertz CT molecular complexity index is 269. The van der Waals surface area contributed by atoms with Gasteiger partial charge in [0.2, 0.25) is 0 Å². The number of hydrogen-bond donors (Lipinski definition) is 0. The van der Waals surface area contributed by atoms with Gasteiger partial charge in [-0.1, -0.05) is 30.3 Å². The summed E-state index contributed by atoms with van der Waals surface area (Å²) in [5.74, 6) is 0. The van der Waals surface area contributed by atoms with Gasteiger partial charge in [-0.05, 0) is 5.56 Å². The molecule has 0 N–H and O–H groups in total. The lowest BCUT2D eigenvalue weighted by atomic mass is 10.2. The zero-order chi connectivity index (χ0) is 8.10. The van der Waals surface area contributed by atoms with Crippen molar-refractivity contribution < 1.29 is 5.03 Å². The summed E-state index contributed by atoms with van der Waals surface area (Å²) in [7, 11) is 0. The second kappa shape index (κ2) is 3.46. The largest absolute Gasteiger partial charge is 0.233 e. The Morgan fingerprint density at radius 1 is 1.36 bits per heavy atom. The first-order chi connectivity index (χ1) is 5.29. The summed E-state index contributed by atoms with van der Waals surface area (Å²) in [6.07, 6.45) is 1.21. The highest BCUT2D eigenvalue weighted by atomic mass is 16.7. The zero-order valence-corrected chi connectivity index (χ0v) is 5.68. The van der Waals surface area contributed by atoms with E-state index in [0.29, 0.717) is 0 Å². The van der Waals surface area contributed by atoms with Gasteiger partial charge in [0.25, 0.3) is 0 Å². The fourth-order valence-corrected chi connectivity index (χ4v) is 0.653. The minimum Gasteiger partial charge on any atom is -0.233 e. The van der Waals surface area contributed by atoms with Crippen molar-refractivity contribution in [2.75, 3.05) is 0 Å².